The molecule has 200 valence electrons. The average molecular weight is 513 g/mol. The fourth-order valence-corrected chi connectivity index (χ4v) is 5.59. The van der Waals surface area contributed by atoms with Crippen LogP contribution in [0.5, 0.6) is 5.75 Å². The first-order valence-electron chi connectivity index (χ1n) is 13.8. The summed E-state index contributed by atoms with van der Waals surface area (Å²) < 4.78 is 6.25. The third-order valence-corrected chi connectivity index (χ3v) is 7.48. The Morgan fingerprint density at radius 1 is 1.26 bits per heavy atom. The molecule has 0 bridgehead atoms. The second-order valence-corrected chi connectivity index (χ2v) is 11.1. The zero-order valence-electron chi connectivity index (χ0n) is 23.4. The first-order valence-corrected chi connectivity index (χ1v) is 13.8. The van der Waals surface area contributed by atoms with Crippen molar-refractivity contribution in [2.75, 3.05) is 20.2 Å². The second kappa shape index (κ2) is 11.1. The molecular weight excluding hydrogens is 472 g/mol. The minimum absolute atomic E-state index is 0.272. The number of aliphatic imine (C=N–C) groups is 1. The lowest BCUT2D eigenvalue weighted by molar-refractivity contribution is 0.256. The maximum absolute atomic E-state index is 6.25. The third-order valence-electron chi connectivity index (χ3n) is 7.48. The van der Waals surface area contributed by atoms with Crippen molar-refractivity contribution in [1.82, 2.24) is 25.2 Å². The van der Waals surface area contributed by atoms with Crippen LogP contribution in [0.3, 0.4) is 0 Å². The van der Waals surface area contributed by atoms with Crippen LogP contribution >= 0.6 is 0 Å². The highest BCUT2D eigenvalue weighted by molar-refractivity contribution is 5.78. The molecule has 2 aliphatic rings. The number of benzene rings is 1. The van der Waals surface area contributed by atoms with Crippen LogP contribution in [0, 0.1) is 5.41 Å². The Balaban J connectivity index is 1.49. The highest BCUT2D eigenvalue weighted by atomic mass is 16.5. The standard InChI is InChI=1S/C31H40N6O/c1-6-8-27(24-17-31(3,4)12-11-25(24)33-7-2)37-13-14-38-28-10-9-21(15-23(28)20-37)22-16-26-30(34-18-22)36-29(35-26)19-32-5/h7-10,15-16,18,32H,6,11-14,17,19-20H2,1-5H3,(H,34,35,36)/b27-8-,33-7?. The molecular formula is C31H40N6O. The fourth-order valence-electron chi connectivity index (χ4n) is 5.59. The minimum Gasteiger partial charge on any atom is -0.491 e. The number of nitrogens with zero attached hydrogens (tertiary/aromatic N) is 4. The van der Waals surface area contributed by atoms with Gasteiger partial charge in [-0.2, -0.15) is 0 Å². The second-order valence-electron chi connectivity index (χ2n) is 11.1. The smallest absolute Gasteiger partial charge is 0.177 e. The van der Waals surface area contributed by atoms with E-state index in [0.717, 1.165) is 66.2 Å². The predicted octanol–water partition coefficient (Wildman–Crippen LogP) is 6.39. The van der Waals surface area contributed by atoms with E-state index in [-0.39, 0.29) is 5.41 Å². The third kappa shape index (κ3) is 5.53. The first kappa shape index (κ1) is 26.2. The van der Waals surface area contributed by atoms with Crippen molar-refractivity contribution in [3.8, 4) is 16.9 Å². The molecule has 38 heavy (non-hydrogen) atoms. The molecule has 0 unspecified atom stereocenters. The largest absolute Gasteiger partial charge is 0.491 e. The molecule has 0 saturated carbocycles. The Hall–Kier alpha value is -3.45. The monoisotopic (exact) mass is 512 g/mol. The molecule has 3 heterocycles. The Morgan fingerprint density at radius 3 is 2.92 bits per heavy atom. The highest BCUT2D eigenvalue weighted by Crippen LogP contribution is 2.43. The van der Waals surface area contributed by atoms with Crippen LogP contribution in [0.2, 0.25) is 0 Å². The normalized spacial score (nSPS) is 18.1. The van der Waals surface area contributed by atoms with E-state index in [1.165, 1.54) is 29.0 Å². The zero-order chi connectivity index (χ0) is 26.7. The summed E-state index contributed by atoms with van der Waals surface area (Å²) in [4.78, 5) is 19.9. The maximum atomic E-state index is 6.25. The summed E-state index contributed by atoms with van der Waals surface area (Å²) in [6.07, 6.45) is 10.5. The van der Waals surface area contributed by atoms with E-state index in [0.29, 0.717) is 13.2 Å². The van der Waals surface area contributed by atoms with Crippen molar-refractivity contribution >= 4 is 17.4 Å². The van der Waals surface area contributed by atoms with E-state index in [2.05, 4.69) is 76.3 Å². The van der Waals surface area contributed by atoms with Crippen LogP contribution in [-0.4, -0.2) is 46.3 Å². The number of rotatable bonds is 7. The first-order chi connectivity index (χ1) is 18.4. The summed E-state index contributed by atoms with van der Waals surface area (Å²) in [5.41, 5.74) is 9.30. The number of nitrogens with one attached hydrogen (secondary N) is 2. The Morgan fingerprint density at radius 2 is 2.13 bits per heavy atom. The zero-order valence-corrected chi connectivity index (χ0v) is 23.4. The van der Waals surface area contributed by atoms with Gasteiger partial charge in [-0.3, -0.25) is 4.99 Å². The number of fused-ring (bicyclic) bond motifs is 2. The summed E-state index contributed by atoms with van der Waals surface area (Å²) in [5.74, 6) is 1.85. The number of pyridine rings is 1. The molecule has 3 aromatic rings. The van der Waals surface area contributed by atoms with E-state index < -0.39 is 0 Å². The molecule has 7 nitrogen and oxygen atoms in total. The van der Waals surface area contributed by atoms with Gasteiger partial charge in [-0.15, -0.1) is 0 Å². The lowest BCUT2D eigenvalue weighted by Crippen LogP contribution is -2.29. The molecule has 0 fully saturated rings. The number of aromatic amines is 1. The van der Waals surface area contributed by atoms with E-state index in [1.807, 2.05) is 26.4 Å². The summed E-state index contributed by atoms with van der Waals surface area (Å²) in [6, 6.07) is 8.63. The van der Waals surface area contributed by atoms with Crippen molar-refractivity contribution in [2.45, 2.75) is 66.5 Å². The molecule has 2 aromatic heterocycles. The van der Waals surface area contributed by atoms with Crippen molar-refractivity contribution in [2.24, 2.45) is 10.4 Å². The number of ether oxygens (including phenoxy) is 1. The van der Waals surface area contributed by atoms with Gasteiger partial charge >= 0.3 is 0 Å². The van der Waals surface area contributed by atoms with Gasteiger partial charge < -0.3 is 19.9 Å². The highest BCUT2D eigenvalue weighted by Gasteiger charge is 2.31. The van der Waals surface area contributed by atoms with Gasteiger partial charge in [0.2, 0.25) is 0 Å². The van der Waals surface area contributed by atoms with E-state index >= 15 is 0 Å². The number of H-pyrrole nitrogens is 1. The van der Waals surface area contributed by atoms with Gasteiger partial charge in [0.1, 0.15) is 18.2 Å². The Labute approximate surface area is 226 Å². The molecule has 2 N–H and O–H groups in total. The fraction of sp³-hybridized carbons (Fsp3) is 0.452. The molecule has 1 aliphatic carbocycles. The van der Waals surface area contributed by atoms with Crippen molar-refractivity contribution < 1.29 is 4.74 Å². The SMILES string of the molecule is CC=NC1=C(/C(=C/CC)N2CCOc3ccc(-c4cnc5nc(CNC)[nH]c5c4)cc3C2)CC(C)(C)CC1. The van der Waals surface area contributed by atoms with Gasteiger partial charge in [0.05, 0.1) is 18.6 Å². The number of aromatic nitrogens is 3. The quantitative estimate of drug-likeness (QED) is 0.359. The van der Waals surface area contributed by atoms with Crippen LogP contribution in [0.15, 0.2) is 58.5 Å². The molecule has 0 saturated heterocycles. The van der Waals surface area contributed by atoms with Gasteiger partial charge in [-0.1, -0.05) is 32.9 Å². The molecule has 0 amide bonds. The lowest BCUT2D eigenvalue weighted by Gasteiger charge is -2.36. The van der Waals surface area contributed by atoms with Crippen LogP contribution < -0.4 is 10.1 Å². The van der Waals surface area contributed by atoms with E-state index in [9.17, 15) is 0 Å². The predicted molar refractivity (Wildman–Crippen MR) is 155 cm³/mol. The average Bonchev–Trinajstić information content (AvgIpc) is 3.18. The molecule has 1 aliphatic heterocycles. The van der Waals surface area contributed by atoms with Crippen LogP contribution in [0.25, 0.3) is 22.3 Å². The molecule has 0 spiro atoms. The Kier molecular flexibility index (Phi) is 7.65. The van der Waals surface area contributed by atoms with Crippen LogP contribution in [0.1, 0.15) is 64.8 Å². The van der Waals surface area contributed by atoms with Gasteiger partial charge in [-0.25, -0.2) is 9.97 Å². The summed E-state index contributed by atoms with van der Waals surface area (Å²) in [5, 5.41) is 3.14. The topological polar surface area (TPSA) is 78.4 Å². The number of allylic oxidation sites excluding steroid dienone is 3. The van der Waals surface area contributed by atoms with Gasteiger partial charge in [-0.05, 0) is 74.4 Å². The van der Waals surface area contributed by atoms with E-state index in [4.69, 9.17) is 9.73 Å². The minimum atomic E-state index is 0.272. The number of hydrogen-bond donors (Lipinski definition) is 2. The van der Waals surface area contributed by atoms with Crippen molar-refractivity contribution in [1.29, 1.82) is 0 Å². The molecule has 5 rings (SSSR count). The summed E-state index contributed by atoms with van der Waals surface area (Å²) in [7, 11) is 1.91. The van der Waals surface area contributed by atoms with E-state index in [1.54, 1.807) is 0 Å². The number of imidazole rings is 1. The Bertz CT molecular complexity index is 1400. The molecule has 0 radical (unpaired) electrons. The molecule has 0 atom stereocenters. The van der Waals surface area contributed by atoms with Crippen molar-refractivity contribution in [3.63, 3.8) is 0 Å². The molecule has 7 heteroatoms. The number of hydrogen-bond acceptors (Lipinski definition) is 6. The van der Waals surface area contributed by atoms with Gasteiger partial charge in [0, 0.05) is 41.5 Å². The van der Waals surface area contributed by atoms with Crippen LogP contribution in [-0.2, 0) is 13.1 Å². The van der Waals surface area contributed by atoms with Gasteiger partial charge in [0.15, 0.2) is 5.65 Å². The lowest BCUT2D eigenvalue weighted by atomic mass is 9.75. The molecule has 1 aromatic carbocycles. The van der Waals surface area contributed by atoms with Crippen LogP contribution in [0.4, 0.5) is 0 Å². The van der Waals surface area contributed by atoms with Gasteiger partial charge in [0.25, 0.3) is 0 Å². The maximum Gasteiger partial charge on any atom is 0.177 e. The summed E-state index contributed by atoms with van der Waals surface area (Å²) >= 11 is 0. The summed E-state index contributed by atoms with van der Waals surface area (Å²) in [6.45, 7) is 12.0. The van der Waals surface area contributed by atoms with Crippen molar-refractivity contribution in [3.05, 3.63) is 64.9 Å².